The Balaban J connectivity index is 1.39. The lowest BCUT2D eigenvalue weighted by Crippen LogP contribution is -2.36. The number of hydrogen-bond donors (Lipinski definition) is 4. The van der Waals surface area contributed by atoms with Crippen molar-refractivity contribution in [2.75, 3.05) is 44.0 Å². The van der Waals surface area contributed by atoms with E-state index in [0.29, 0.717) is 11.5 Å². The lowest BCUT2D eigenvalue weighted by molar-refractivity contribution is 0.377. The number of nitrogens with zero attached hydrogens (tertiary/aromatic N) is 4. The number of hydrazine groups is 1. The Morgan fingerprint density at radius 2 is 2.06 bits per heavy atom. The smallest absolute Gasteiger partial charge is 0.158 e. The van der Waals surface area contributed by atoms with E-state index in [2.05, 4.69) is 61.6 Å². The highest BCUT2D eigenvalue weighted by Gasteiger charge is 2.28. The summed E-state index contributed by atoms with van der Waals surface area (Å²) in [6.07, 6.45) is 6.29. The largest absolute Gasteiger partial charge is 0.496 e. The summed E-state index contributed by atoms with van der Waals surface area (Å²) in [4.78, 5) is 10.6. The maximum Gasteiger partial charge on any atom is 0.158 e. The lowest BCUT2D eigenvalue weighted by atomic mass is 9.97. The first-order chi connectivity index (χ1) is 15.2. The normalized spacial score (nSPS) is 21.5. The predicted octanol–water partition coefficient (Wildman–Crippen LogP) is 1.77. The van der Waals surface area contributed by atoms with Gasteiger partial charge >= 0.3 is 0 Å². The quantitative estimate of drug-likeness (QED) is 0.530. The SMILES string of the molecule is COc1cc(N(C)CC2CCNCC2)ccc1C1CC(Nc2cnc(C#N)cn2)NN1. The van der Waals surface area contributed by atoms with Gasteiger partial charge in [-0.05, 0) is 37.9 Å². The molecule has 2 saturated heterocycles. The molecule has 164 valence electrons. The molecule has 3 heterocycles. The number of anilines is 2. The summed E-state index contributed by atoms with van der Waals surface area (Å²) in [5.74, 6) is 2.24. The van der Waals surface area contributed by atoms with Crippen molar-refractivity contribution in [3.63, 3.8) is 0 Å². The van der Waals surface area contributed by atoms with E-state index < -0.39 is 0 Å². The molecule has 2 atom stereocenters. The third-order valence-electron chi connectivity index (χ3n) is 6.02. The lowest BCUT2D eigenvalue weighted by Gasteiger charge is -2.29. The summed E-state index contributed by atoms with van der Waals surface area (Å²) in [6.45, 7) is 3.29. The van der Waals surface area contributed by atoms with E-state index in [1.807, 2.05) is 6.07 Å². The van der Waals surface area contributed by atoms with Crippen molar-refractivity contribution in [2.45, 2.75) is 31.5 Å². The van der Waals surface area contributed by atoms with Gasteiger partial charge in [0.15, 0.2) is 5.69 Å². The zero-order valence-electron chi connectivity index (χ0n) is 18.1. The molecule has 2 aliphatic rings. The maximum atomic E-state index is 8.85. The molecular formula is C22H30N8O. The second-order valence-corrected chi connectivity index (χ2v) is 8.17. The van der Waals surface area contributed by atoms with E-state index >= 15 is 0 Å². The number of piperidine rings is 1. The van der Waals surface area contributed by atoms with Crippen LogP contribution in [0, 0.1) is 17.2 Å². The van der Waals surface area contributed by atoms with Gasteiger partial charge in [0.05, 0.1) is 31.7 Å². The zero-order valence-corrected chi connectivity index (χ0v) is 18.1. The molecule has 1 aromatic heterocycles. The molecule has 4 N–H and O–H groups in total. The summed E-state index contributed by atoms with van der Waals surface area (Å²) < 4.78 is 5.74. The first kappa shape index (κ1) is 21.3. The Kier molecular flexibility index (Phi) is 6.82. The first-order valence-electron chi connectivity index (χ1n) is 10.8. The second kappa shape index (κ2) is 9.92. The Bertz CT molecular complexity index is 907. The molecule has 31 heavy (non-hydrogen) atoms. The number of rotatable bonds is 7. The highest BCUT2D eigenvalue weighted by Crippen LogP contribution is 2.34. The molecular weight excluding hydrogens is 392 g/mol. The van der Waals surface area contributed by atoms with Crippen LogP contribution in [-0.4, -0.2) is 49.9 Å². The van der Waals surface area contributed by atoms with Gasteiger partial charge < -0.3 is 20.3 Å². The van der Waals surface area contributed by atoms with Crippen LogP contribution in [-0.2, 0) is 0 Å². The van der Waals surface area contributed by atoms with E-state index in [0.717, 1.165) is 43.3 Å². The van der Waals surface area contributed by atoms with E-state index in [1.165, 1.54) is 24.7 Å². The number of ether oxygens (including phenoxy) is 1. The van der Waals surface area contributed by atoms with Gasteiger partial charge in [0.25, 0.3) is 0 Å². The highest BCUT2D eigenvalue weighted by molar-refractivity contribution is 5.54. The number of aromatic nitrogens is 2. The van der Waals surface area contributed by atoms with Gasteiger partial charge in [-0.3, -0.25) is 0 Å². The zero-order chi connectivity index (χ0) is 21.6. The van der Waals surface area contributed by atoms with E-state index in [9.17, 15) is 0 Å². The van der Waals surface area contributed by atoms with Gasteiger partial charge in [0.1, 0.15) is 17.6 Å². The standard InChI is InChI=1S/C22H30N8O/c1-30(14-15-5-7-24-8-6-15)17-3-4-18(20(9-17)31-2)19-10-21(29-28-19)27-22-13-25-16(11-23)12-26-22/h3-4,9,12-13,15,19,21,24,28-29H,5-8,10,14H2,1-2H3,(H,26,27). The average Bonchev–Trinajstić information content (AvgIpc) is 3.28. The van der Waals surface area contributed by atoms with Crippen LogP contribution in [0.5, 0.6) is 5.75 Å². The van der Waals surface area contributed by atoms with Gasteiger partial charge in [-0.15, -0.1) is 0 Å². The van der Waals surface area contributed by atoms with Crippen LogP contribution in [0.3, 0.4) is 0 Å². The number of benzene rings is 1. The van der Waals surface area contributed by atoms with E-state index in [-0.39, 0.29) is 12.2 Å². The molecule has 4 rings (SSSR count). The van der Waals surface area contributed by atoms with Gasteiger partial charge in [-0.2, -0.15) is 5.26 Å². The number of nitrogens with one attached hydrogen (secondary N) is 4. The van der Waals surface area contributed by atoms with Crippen LogP contribution in [0.4, 0.5) is 11.5 Å². The molecule has 2 unspecified atom stereocenters. The fourth-order valence-electron chi connectivity index (χ4n) is 4.28. The van der Waals surface area contributed by atoms with Crippen LogP contribution >= 0.6 is 0 Å². The second-order valence-electron chi connectivity index (χ2n) is 8.17. The van der Waals surface area contributed by atoms with Crippen LogP contribution in [0.25, 0.3) is 0 Å². The summed E-state index contributed by atoms with van der Waals surface area (Å²) in [5, 5.41) is 15.6. The van der Waals surface area contributed by atoms with Gasteiger partial charge in [-0.1, -0.05) is 6.07 Å². The van der Waals surface area contributed by atoms with Crippen LogP contribution in [0.1, 0.15) is 36.6 Å². The molecule has 2 fully saturated rings. The van der Waals surface area contributed by atoms with Crippen molar-refractivity contribution < 1.29 is 4.74 Å². The fourth-order valence-corrected chi connectivity index (χ4v) is 4.28. The molecule has 9 heteroatoms. The van der Waals surface area contributed by atoms with Crippen molar-refractivity contribution in [1.29, 1.82) is 5.26 Å². The minimum absolute atomic E-state index is 0.0146. The molecule has 1 aromatic carbocycles. The third kappa shape index (κ3) is 5.22. The van der Waals surface area contributed by atoms with Gasteiger partial charge in [0, 0.05) is 37.3 Å². The van der Waals surface area contributed by atoms with Crippen molar-refractivity contribution in [3.8, 4) is 11.8 Å². The molecule has 0 spiro atoms. The predicted molar refractivity (Wildman–Crippen MR) is 120 cm³/mol. The summed E-state index contributed by atoms with van der Waals surface area (Å²) >= 11 is 0. The highest BCUT2D eigenvalue weighted by atomic mass is 16.5. The number of hydrogen-bond acceptors (Lipinski definition) is 9. The van der Waals surface area contributed by atoms with Gasteiger partial charge in [0.2, 0.25) is 0 Å². The van der Waals surface area contributed by atoms with Crippen molar-refractivity contribution in [3.05, 3.63) is 41.9 Å². The van der Waals surface area contributed by atoms with E-state index in [1.54, 1.807) is 13.3 Å². The minimum Gasteiger partial charge on any atom is -0.496 e. The van der Waals surface area contributed by atoms with Crippen molar-refractivity contribution >= 4 is 11.5 Å². The molecule has 9 nitrogen and oxygen atoms in total. The molecule has 0 bridgehead atoms. The van der Waals surface area contributed by atoms with E-state index in [4.69, 9.17) is 10.00 Å². The third-order valence-corrected chi connectivity index (χ3v) is 6.02. The fraction of sp³-hybridized carbons (Fsp3) is 0.500. The topological polar surface area (TPSA) is 110 Å². The molecule has 2 aliphatic heterocycles. The van der Waals surface area contributed by atoms with Crippen LogP contribution in [0.15, 0.2) is 30.6 Å². The van der Waals surface area contributed by atoms with Crippen LogP contribution in [0.2, 0.25) is 0 Å². The molecule has 0 amide bonds. The maximum absolute atomic E-state index is 8.85. The summed E-state index contributed by atoms with van der Waals surface area (Å²) in [6, 6.07) is 8.53. The average molecular weight is 423 g/mol. The monoisotopic (exact) mass is 422 g/mol. The van der Waals surface area contributed by atoms with Crippen LogP contribution < -0.4 is 31.1 Å². The summed E-state index contributed by atoms with van der Waals surface area (Å²) in [5.41, 5.74) is 9.19. The number of nitriles is 1. The Labute approximate surface area is 183 Å². The van der Waals surface area contributed by atoms with Crippen molar-refractivity contribution in [2.24, 2.45) is 5.92 Å². The summed E-state index contributed by atoms with van der Waals surface area (Å²) in [7, 11) is 3.88. The molecule has 0 aliphatic carbocycles. The number of methoxy groups -OCH3 is 1. The Morgan fingerprint density at radius 3 is 2.77 bits per heavy atom. The van der Waals surface area contributed by atoms with Gasteiger partial charge in [-0.25, -0.2) is 20.8 Å². The molecule has 0 saturated carbocycles. The Hall–Kier alpha value is -2.93. The molecule has 2 aromatic rings. The minimum atomic E-state index is -0.0146. The van der Waals surface area contributed by atoms with Crippen molar-refractivity contribution in [1.82, 2.24) is 26.1 Å². The Morgan fingerprint density at radius 1 is 1.23 bits per heavy atom. The molecule has 0 radical (unpaired) electrons. The first-order valence-corrected chi connectivity index (χ1v) is 10.8.